The van der Waals surface area contributed by atoms with Crippen LogP contribution < -0.4 is 9.08 Å². The number of carbonyl (C=O) groups excluding carboxylic acids is 1. The third kappa shape index (κ3) is 5.92. The highest BCUT2D eigenvalue weighted by atomic mass is 32.2. The highest BCUT2D eigenvalue weighted by Crippen LogP contribution is 2.29. The van der Waals surface area contributed by atoms with Gasteiger partial charge in [-0.3, -0.25) is 4.79 Å². The molecule has 3 rings (SSSR count). The van der Waals surface area contributed by atoms with Crippen LogP contribution in [-0.4, -0.2) is 38.1 Å². The number of amides is 1. The molecule has 0 radical (unpaired) electrons. The molecule has 2 aromatic heterocycles. The quantitative estimate of drug-likeness (QED) is 0.371. The van der Waals surface area contributed by atoms with E-state index in [4.69, 9.17) is 8.60 Å². The van der Waals surface area contributed by atoms with Gasteiger partial charge in [-0.1, -0.05) is 12.1 Å². The lowest BCUT2D eigenvalue weighted by Crippen LogP contribution is -2.30. The van der Waals surface area contributed by atoms with E-state index in [1.165, 1.54) is 18.3 Å². The molecule has 1 amide bonds. The molecule has 0 aliphatic carbocycles. The molecule has 2 heterocycles. The van der Waals surface area contributed by atoms with Crippen molar-refractivity contribution < 1.29 is 21.8 Å². The summed E-state index contributed by atoms with van der Waals surface area (Å²) in [7, 11) is -3.74. The first-order valence-corrected chi connectivity index (χ1v) is 13.0. The molecule has 0 saturated heterocycles. The van der Waals surface area contributed by atoms with Gasteiger partial charge < -0.3 is 18.4 Å². The second-order valence-corrected chi connectivity index (χ2v) is 9.92. The van der Waals surface area contributed by atoms with Crippen LogP contribution in [0, 0.1) is 0 Å². The predicted molar refractivity (Wildman–Crippen MR) is 127 cm³/mol. The first-order chi connectivity index (χ1) is 15.4. The van der Waals surface area contributed by atoms with Gasteiger partial charge in [0.2, 0.25) is 0 Å². The zero-order chi connectivity index (χ0) is 23.1. The maximum Gasteiger partial charge on any atom is 0.308 e. The summed E-state index contributed by atoms with van der Waals surface area (Å²) in [5.41, 5.74) is 1.47. The molecule has 7 nitrogen and oxygen atoms in total. The molecule has 1 aromatic carbocycles. The van der Waals surface area contributed by atoms with E-state index in [1.54, 1.807) is 35.4 Å². The van der Waals surface area contributed by atoms with Gasteiger partial charge in [-0.05, 0) is 50.4 Å². The van der Waals surface area contributed by atoms with Crippen LogP contribution in [-0.2, 0) is 23.2 Å². The summed E-state index contributed by atoms with van der Waals surface area (Å²) in [6.07, 6.45) is 1.56. The van der Waals surface area contributed by atoms with Crippen molar-refractivity contribution in [2.75, 3.05) is 23.7 Å². The third-order valence-electron chi connectivity index (χ3n) is 5.06. The molecule has 0 fully saturated rings. The second kappa shape index (κ2) is 10.7. The van der Waals surface area contributed by atoms with Gasteiger partial charge >= 0.3 is 10.1 Å². The lowest BCUT2D eigenvalue weighted by molar-refractivity contribution is 0.0722. The number of nitrogens with zero attached hydrogens (tertiary/aromatic N) is 2. The van der Waals surface area contributed by atoms with Crippen LogP contribution in [0.15, 0.2) is 58.5 Å². The van der Waals surface area contributed by atoms with Crippen molar-refractivity contribution >= 4 is 33.0 Å². The number of rotatable bonds is 11. The lowest BCUT2D eigenvalue weighted by atomic mass is 10.1. The Labute approximate surface area is 193 Å². The average Bonchev–Trinajstić information content (AvgIpc) is 3.49. The molecule has 0 bridgehead atoms. The van der Waals surface area contributed by atoms with Crippen molar-refractivity contribution in [1.82, 2.24) is 4.90 Å². The molecular formula is C23H28N2O5S2. The van der Waals surface area contributed by atoms with Crippen LogP contribution in [0.2, 0.25) is 0 Å². The van der Waals surface area contributed by atoms with Crippen LogP contribution in [0.25, 0.3) is 0 Å². The zero-order valence-corrected chi connectivity index (χ0v) is 20.1. The molecule has 32 heavy (non-hydrogen) atoms. The highest BCUT2D eigenvalue weighted by molar-refractivity contribution is 7.87. The molecule has 0 aliphatic rings. The summed E-state index contributed by atoms with van der Waals surface area (Å²) < 4.78 is 35.5. The average molecular weight is 477 g/mol. The monoisotopic (exact) mass is 476 g/mol. The topological polar surface area (TPSA) is 80.1 Å². The predicted octanol–water partition coefficient (Wildman–Crippen LogP) is 4.76. The molecule has 0 unspecified atom stereocenters. The minimum Gasteiger partial charge on any atom is -0.467 e. The molecule has 172 valence electrons. The van der Waals surface area contributed by atoms with Crippen molar-refractivity contribution in [3.8, 4) is 5.75 Å². The van der Waals surface area contributed by atoms with Gasteiger partial charge in [0.05, 0.1) is 30.0 Å². The van der Waals surface area contributed by atoms with Gasteiger partial charge in [0, 0.05) is 30.4 Å². The maximum absolute atomic E-state index is 13.2. The molecule has 9 heteroatoms. The van der Waals surface area contributed by atoms with Crippen molar-refractivity contribution in [2.45, 2.75) is 33.9 Å². The summed E-state index contributed by atoms with van der Waals surface area (Å²) >= 11 is 1.36. The van der Waals surface area contributed by atoms with Gasteiger partial charge in [0.25, 0.3) is 5.91 Å². The molecule has 0 atom stereocenters. The Morgan fingerprint density at radius 3 is 2.44 bits per heavy atom. The maximum atomic E-state index is 13.2. The fourth-order valence-electron chi connectivity index (χ4n) is 3.28. The van der Waals surface area contributed by atoms with E-state index < -0.39 is 10.1 Å². The van der Waals surface area contributed by atoms with Crippen LogP contribution in [0.3, 0.4) is 0 Å². The van der Waals surface area contributed by atoms with Crippen molar-refractivity contribution in [2.24, 2.45) is 0 Å². The summed E-state index contributed by atoms with van der Waals surface area (Å²) in [6.45, 7) is 7.57. The van der Waals surface area contributed by atoms with Gasteiger partial charge in [-0.15, -0.1) is 11.3 Å². The minimum atomic E-state index is -3.74. The van der Waals surface area contributed by atoms with E-state index in [0.29, 0.717) is 16.2 Å². The number of furan rings is 1. The SMILES string of the molecule is CCN(CC)c1ccc(CN(Cc2ccco2)C(=O)c2cccs2)c(OS(=O)(=O)CC)c1. The second-order valence-electron chi connectivity index (χ2n) is 7.11. The van der Waals surface area contributed by atoms with Gasteiger partial charge in [0.15, 0.2) is 0 Å². The summed E-state index contributed by atoms with van der Waals surface area (Å²) in [6, 6.07) is 12.6. The fraction of sp³-hybridized carbons (Fsp3) is 0.348. The number of thiophene rings is 1. The lowest BCUT2D eigenvalue weighted by Gasteiger charge is -2.25. The van der Waals surface area contributed by atoms with Crippen molar-refractivity contribution in [1.29, 1.82) is 0 Å². The van der Waals surface area contributed by atoms with E-state index in [0.717, 1.165) is 18.8 Å². The van der Waals surface area contributed by atoms with E-state index in [9.17, 15) is 13.2 Å². The van der Waals surface area contributed by atoms with Gasteiger partial charge in [-0.25, -0.2) is 0 Å². The molecule has 3 aromatic rings. The number of anilines is 1. The van der Waals surface area contributed by atoms with Gasteiger partial charge in [-0.2, -0.15) is 8.42 Å². The summed E-state index contributed by atoms with van der Waals surface area (Å²) in [4.78, 5) is 17.5. The van der Waals surface area contributed by atoms with E-state index in [1.807, 2.05) is 37.4 Å². The standard InChI is InChI=1S/C23H28N2O5S2/c1-4-24(5-2)19-12-11-18(21(15-19)30-32(27,28)6-3)16-25(17-20-9-7-13-29-20)23(26)22-10-8-14-31-22/h7-15H,4-6,16-17H2,1-3H3. The number of carbonyl (C=O) groups is 1. The van der Waals surface area contributed by atoms with E-state index in [-0.39, 0.29) is 30.5 Å². The molecular weight excluding hydrogens is 448 g/mol. The van der Waals surface area contributed by atoms with Crippen LogP contribution >= 0.6 is 11.3 Å². The van der Waals surface area contributed by atoms with E-state index >= 15 is 0 Å². The number of hydrogen-bond donors (Lipinski definition) is 0. The normalized spacial score (nSPS) is 11.3. The Balaban J connectivity index is 1.98. The molecule has 0 spiro atoms. The van der Waals surface area contributed by atoms with Crippen molar-refractivity contribution in [3.05, 3.63) is 70.3 Å². The Bertz CT molecular complexity index is 1110. The van der Waals surface area contributed by atoms with E-state index in [2.05, 4.69) is 4.90 Å². The highest BCUT2D eigenvalue weighted by Gasteiger charge is 2.22. The summed E-state index contributed by atoms with van der Waals surface area (Å²) in [5.74, 6) is 0.568. The Hall–Kier alpha value is -2.78. The fourth-order valence-corrected chi connectivity index (χ4v) is 4.52. The number of benzene rings is 1. The first kappa shape index (κ1) is 23.9. The van der Waals surface area contributed by atoms with Crippen LogP contribution in [0.5, 0.6) is 5.75 Å². The zero-order valence-electron chi connectivity index (χ0n) is 18.5. The number of hydrogen-bond acceptors (Lipinski definition) is 7. The Kier molecular flexibility index (Phi) is 7.98. The van der Waals surface area contributed by atoms with Gasteiger partial charge in [0.1, 0.15) is 11.5 Å². The van der Waals surface area contributed by atoms with Crippen LogP contribution in [0.4, 0.5) is 5.69 Å². The molecule has 0 aliphatic heterocycles. The van der Waals surface area contributed by atoms with Crippen molar-refractivity contribution in [3.63, 3.8) is 0 Å². The minimum absolute atomic E-state index is 0.147. The third-order valence-corrected chi connectivity index (χ3v) is 7.06. The largest absolute Gasteiger partial charge is 0.467 e. The Morgan fingerprint density at radius 2 is 1.84 bits per heavy atom. The Morgan fingerprint density at radius 1 is 1.06 bits per heavy atom. The molecule has 0 saturated carbocycles. The first-order valence-electron chi connectivity index (χ1n) is 10.5. The smallest absolute Gasteiger partial charge is 0.308 e. The molecule has 0 N–H and O–H groups in total. The van der Waals surface area contributed by atoms with Crippen LogP contribution in [0.1, 0.15) is 41.8 Å². The summed E-state index contributed by atoms with van der Waals surface area (Å²) in [5, 5.41) is 1.85.